The molecule has 3 rings (SSSR count). The van der Waals surface area contributed by atoms with Crippen molar-refractivity contribution < 1.29 is 4.79 Å². The second-order valence-electron chi connectivity index (χ2n) is 5.95. The molecule has 0 radical (unpaired) electrons. The number of piperidine rings is 1. The average Bonchev–Trinajstić information content (AvgIpc) is 3.13. The molecule has 2 heterocycles. The second-order valence-corrected chi connectivity index (χ2v) is 5.95. The Labute approximate surface area is 137 Å². The van der Waals surface area contributed by atoms with Gasteiger partial charge in [0.15, 0.2) is 0 Å². The first-order chi connectivity index (χ1) is 11.3. The van der Waals surface area contributed by atoms with Crippen LogP contribution in [0.2, 0.25) is 0 Å². The molecule has 0 spiro atoms. The zero-order chi connectivity index (χ0) is 15.9. The van der Waals surface area contributed by atoms with Crippen LogP contribution < -0.4 is 5.32 Å². The second kappa shape index (κ2) is 7.92. The van der Waals surface area contributed by atoms with Gasteiger partial charge in [-0.1, -0.05) is 30.3 Å². The minimum atomic E-state index is -0.273. The highest BCUT2D eigenvalue weighted by Crippen LogP contribution is 2.19. The molecule has 1 aromatic heterocycles. The fourth-order valence-electron chi connectivity index (χ4n) is 3.05. The average molecular weight is 312 g/mol. The highest BCUT2D eigenvalue weighted by molar-refractivity contribution is 5.83. The van der Waals surface area contributed by atoms with E-state index in [9.17, 15) is 4.79 Å². The van der Waals surface area contributed by atoms with Gasteiger partial charge in [0.2, 0.25) is 5.91 Å². The lowest BCUT2D eigenvalue weighted by atomic mass is 10.0. The number of rotatable bonds is 6. The first kappa shape index (κ1) is 15.7. The van der Waals surface area contributed by atoms with E-state index >= 15 is 0 Å². The topological polar surface area (TPSA) is 50.2 Å². The smallest absolute Gasteiger partial charge is 0.244 e. The van der Waals surface area contributed by atoms with Gasteiger partial charge in [0, 0.05) is 32.0 Å². The first-order valence-corrected chi connectivity index (χ1v) is 8.39. The minimum Gasteiger partial charge on any atom is -0.341 e. The van der Waals surface area contributed by atoms with Crippen LogP contribution in [-0.2, 0) is 11.3 Å². The van der Waals surface area contributed by atoms with Gasteiger partial charge in [-0.2, -0.15) is 5.10 Å². The largest absolute Gasteiger partial charge is 0.341 e. The zero-order valence-corrected chi connectivity index (χ0v) is 13.4. The molecule has 1 aliphatic heterocycles. The van der Waals surface area contributed by atoms with E-state index in [-0.39, 0.29) is 11.9 Å². The molecule has 1 saturated heterocycles. The van der Waals surface area contributed by atoms with Crippen molar-refractivity contribution in [3.8, 4) is 0 Å². The maximum atomic E-state index is 12.9. The predicted octanol–water partition coefficient (Wildman–Crippen LogP) is 2.23. The molecular weight excluding hydrogens is 288 g/mol. The van der Waals surface area contributed by atoms with Gasteiger partial charge in [0.1, 0.15) is 6.04 Å². The van der Waals surface area contributed by atoms with Crippen LogP contribution in [0.15, 0.2) is 48.8 Å². The molecule has 1 N–H and O–H groups in total. The Hall–Kier alpha value is -2.14. The number of benzene rings is 1. The lowest BCUT2D eigenvalue weighted by Crippen LogP contribution is -2.44. The summed E-state index contributed by atoms with van der Waals surface area (Å²) in [5.74, 6) is 0.191. The number of hydrogen-bond donors (Lipinski definition) is 1. The zero-order valence-electron chi connectivity index (χ0n) is 13.4. The molecule has 1 aromatic carbocycles. The van der Waals surface area contributed by atoms with Crippen LogP contribution in [0.4, 0.5) is 0 Å². The fourth-order valence-corrected chi connectivity index (χ4v) is 3.05. The molecule has 1 fully saturated rings. The third-order valence-electron chi connectivity index (χ3n) is 4.30. The van der Waals surface area contributed by atoms with E-state index in [1.807, 2.05) is 52.2 Å². The van der Waals surface area contributed by atoms with Gasteiger partial charge < -0.3 is 10.2 Å². The number of amides is 1. The van der Waals surface area contributed by atoms with Gasteiger partial charge in [0.05, 0.1) is 6.54 Å². The molecule has 5 nitrogen and oxygen atoms in total. The van der Waals surface area contributed by atoms with Crippen molar-refractivity contribution in [3.05, 3.63) is 54.4 Å². The SMILES string of the molecule is O=C([C@@H](NCCn1cccn1)c1ccccc1)N1CCCCC1. The van der Waals surface area contributed by atoms with Crippen LogP contribution in [0, 0.1) is 0 Å². The van der Waals surface area contributed by atoms with Crippen molar-refractivity contribution in [2.75, 3.05) is 19.6 Å². The summed E-state index contributed by atoms with van der Waals surface area (Å²) in [5, 5.41) is 7.62. The molecule has 0 saturated carbocycles. The Morgan fingerprint density at radius 1 is 1.13 bits per heavy atom. The molecule has 0 bridgehead atoms. The van der Waals surface area contributed by atoms with E-state index in [1.54, 1.807) is 6.20 Å². The van der Waals surface area contributed by atoms with Crippen LogP contribution in [-0.4, -0.2) is 40.2 Å². The van der Waals surface area contributed by atoms with Crippen LogP contribution >= 0.6 is 0 Å². The van der Waals surface area contributed by atoms with Gasteiger partial charge in [-0.05, 0) is 30.9 Å². The van der Waals surface area contributed by atoms with Crippen molar-refractivity contribution in [1.82, 2.24) is 20.0 Å². The standard InChI is InChI=1S/C18H24N4O/c23-18(21-12-5-2-6-13-21)17(16-8-3-1-4-9-16)19-11-15-22-14-7-10-20-22/h1,3-4,7-10,14,17,19H,2,5-6,11-13,15H2/t17-/m0/s1. The third-order valence-corrected chi connectivity index (χ3v) is 4.30. The Bertz CT molecular complexity index is 591. The van der Waals surface area contributed by atoms with Gasteiger partial charge in [-0.25, -0.2) is 0 Å². The quantitative estimate of drug-likeness (QED) is 0.890. The van der Waals surface area contributed by atoms with Gasteiger partial charge in [-0.3, -0.25) is 9.48 Å². The van der Waals surface area contributed by atoms with Crippen molar-refractivity contribution in [2.24, 2.45) is 0 Å². The highest BCUT2D eigenvalue weighted by atomic mass is 16.2. The maximum Gasteiger partial charge on any atom is 0.244 e. The number of aromatic nitrogens is 2. The number of hydrogen-bond acceptors (Lipinski definition) is 3. The van der Waals surface area contributed by atoms with E-state index in [1.165, 1.54) is 6.42 Å². The summed E-state index contributed by atoms with van der Waals surface area (Å²) < 4.78 is 1.88. The van der Waals surface area contributed by atoms with Crippen LogP contribution in [0.3, 0.4) is 0 Å². The van der Waals surface area contributed by atoms with Crippen LogP contribution in [0.25, 0.3) is 0 Å². The summed E-state index contributed by atoms with van der Waals surface area (Å²) in [6.07, 6.45) is 7.16. The van der Waals surface area contributed by atoms with E-state index in [4.69, 9.17) is 0 Å². The van der Waals surface area contributed by atoms with Crippen LogP contribution in [0.5, 0.6) is 0 Å². The molecule has 23 heavy (non-hydrogen) atoms. The lowest BCUT2D eigenvalue weighted by molar-refractivity contribution is -0.134. The molecule has 5 heteroatoms. The lowest BCUT2D eigenvalue weighted by Gasteiger charge is -2.31. The monoisotopic (exact) mass is 312 g/mol. The summed E-state index contributed by atoms with van der Waals surface area (Å²) in [6.45, 7) is 3.22. The summed E-state index contributed by atoms with van der Waals surface area (Å²) in [4.78, 5) is 14.9. The molecule has 122 valence electrons. The predicted molar refractivity (Wildman–Crippen MR) is 89.8 cm³/mol. The van der Waals surface area contributed by atoms with Crippen molar-refractivity contribution >= 4 is 5.91 Å². The summed E-state index contributed by atoms with van der Waals surface area (Å²) in [7, 11) is 0. The molecule has 0 unspecified atom stereocenters. The Morgan fingerprint density at radius 3 is 2.61 bits per heavy atom. The molecule has 1 atom stereocenters. The molecular formula is C18H24N4O. The van der Waals surface area contributed by atoms with Gasteiger partial charge >= 0.3 is 0 Å². The number of carbonyl (C=O) groups excluding carboxylic acids is 1. The molecule has 1 amide bonds. The number of nitrogens with one attached hydrogen (secondary N) is 1. The third kappa shape index (κ3) is 4.20. The molecule has 0 aliphatic carbocycles. The summed E-state index contributed by atoms with van der Waals surface area (Å²) in [5.41, 5.74) is 1.03. The number of nitrogens with zero attached hydrogens (tertiary/aromatic N) is 3. The van der Waals surface area contributed by atoms with E-state index < -0.39 is 0 Å². The van der Waals surface area contributed by atoms with E-state index in [2.05, 4.69) is 10.4 Å². The summed E-state index contributed by atoms with van der Waals surface area (Å²) >= 11 is 0. The van der Waals surface area contributed by atoms with Crippen molar-refractivity contribution in [1.29, 1.82) is 0 Å². The molecule has 2 aromatic rings. The Kier molecular flexibility index (Phi) is 5.42. The number of carbonyl (C=O) groups is 1. The van der Waals surface area contributed by atoms with Gasteiger partial charge in [0.25, 0.3) is 0 Å². The van der Waals surface area contributed by atoms with Crippen molar-refractivity contribution in [2.45, 2.75) is 31.8 Å². The van der Waals surface area contributed by atoms with E-state index in [0.29, 0.717) is 6.54 Å². The normalized spacial score (nSPS) is 16.3. The fraction of sp³-hybridized carbons (Fsp3) is 0.444. The van der Waals surface area contributed by atoms with Crippen LogP contribution in [0.1, 0.15) is 30.9 Å². The number of likely N-dealkylation sites (tertiary alicyclic amines) is 1. The minimum absolute atomic E-state index is 0.191. The maximum absolute atomic E-state index is 12.9. The summed E-state index contributed by atoms with van der Waals surface area (Å²) in [6, 6.07) is 11.6. The van der Waals surface area contributed by atoms with Crippen molar-refractivity contribution in [3.63, 3.8) is 0 Å². The molecule has 1 aliphatic rings. The Morgan fingerprint density at radius 2 is 1.91 bits per heavy atom. The van der Waals surface area contributed by atoms with E-state index in [0.717, 1.165) is 38.0 Å². The Balaban J connectivity index is 1.67. The first-order valence-electron chi connectivity index (χ1n) is 8.39. The van der Waals surface area contributed by atoms with Gasteiger partial charge in [-0.15, -0.1) is 0 Å². The highest BCUT2D eigenvalue weighted by Gasteiger charge is 2.26.